The minimum absolute atomic E-state index is 0.0962. The van der Waals surface area contributed by atoms with Crippen molar-refractivity contribution in [2.45, 2.75) is 64.7 Å². The largest absolute Gasteiger partial charge is 0.385 e. The Balaban J connectivity index is 1.50. The van der Waals surface area contributed by atoms with Crippen LogP contribution in [0.4, 0.5) is 5.69 Å². The lowest BCUT2D eigenvalue weighted by Gasteiger charge is -2.30. The smallest absolute Gasteiger partial charge is 0.214 e. The summed E-state index contributed by atoms with van der Waals surface area (Å²) in [6, 6.07) is 8.96. The fraction of sp³-hybridized carbons (Fsp3) is 0.545. The van der Waals surface area contributed by atoms with Crippen LogP contribution in [0.5, 0.6) is 0 Å². The second-order valence-electron chi connectivity index (χ2n) is 8.33. The summed E-state index contributed by atoms with van der Waals surface area (Å²) in [5, 5.41) is 5.44. The summed E-state index contributed by atoms with van der Waals surface area (Å²) in [5.74, 6) is 0.596. The molecular formula is C22H32N2O2S2. The number of aryl methyl sites for hydroxylation is 2. The van der Waals surface area contributed by atoms with Crippen LogP contribution < -0.4 is 10.0 Å². The second-order valence-corrected chi connectivity index (χ2v) is 11.5. The van der Waals surface area contributed by atoms with Gasteiger partial charge in [-0.1, -0.05) is 6.07 Å². The van der Waals surface area contributed by atoms with E-state index < -0.39 is 10.0 Å². The fourth-order valence-corrected chi connectivity index (χ4v) is 5.58. The van der Waals surface area contributed by atoms with Gasteiger partial charge in [-0.05, 0) is 99.6 Å². The third-order valence-electron chi connectivity index (χ3n) is 5.62. The first kappa shape index (κ1) is 21.3. The number of sulfonamides is 1. The van der Waals surface area contributed by atoms with Gasteiger partial charge in [-0.25, -0.2) is 13.1 Å². The van der Waals surface area contributed by atoms with E-state index in [1.165, 1.54) is 27.3 Å². The van der Waals surface area contributed by atoms with Crippen LogP contribution in [-0.2, 0) is 10.0 Å². The van der Waals surface area contributed by atoms with E-state index in [9.17, 15) is 8.42 Å². The fourth-order valence-electron chi connectivity index (χ4n) is 3.71. The maximum atomic E-state index is 12.0. The average molecular weight is 421 g/mol. The predicted molar refractivity (Wildman–Crippen MR) is 121 cm³/mol. The van der Waals surface area contributed by atoms with Crippen molar-refractivity contribution in [3.05, 3.63) is 40.8 Å². The van der Waals surface area contributed by atoms with Crippen molar-refractivity contribution in [1.82, 2.24) is 4.72 Å². The summed E-state index contributed by atoms with van der Waals surface area (Å²) >= 11 is 1.79. The Morgan fingerprint density at radius 3 is 2.39 bits per heavy atom. The molecule has 1 aliphatic carbocycles. The van der Waals surface area contributed by atoms with Crippen molar-refractivity contribution in [2.24, 2.45) is 5.92 Å². The van der Waals surface area contributed by atoms with Gasteiger partial charge in [0, 0.05) is 23.2 Å². The molecule has 3 rings (SSSR count). The zero-order valence-corrected chi connectivity index (χ0v) is 18.9. The molecule has 154 valence electrons. The van der Waals surface area contributed by atoms with Crippen molar-refractivity contribution in [3.8, 4) is 10.4 Å². The highest BCUT2D eigenvalue weighted by Gasteiger charge is 2.26. The van der Waals surface area contributed by atoms with Gasteiger partial charge >= 0.3 is 0 Å². The first-order chi connectivity index (χ1) is 13.2. The highest BCUT2D eigenvalue weighted by molar-refractivity contribution is 7.90. The van der Waals surface area contributed by atoms with Gasteiger partial charge in [-0.3, -0.25) is 0 Å². The van der Waals surface area contributed by atoms with E-state index in [1.54, 1.807) is 25.2 Å². The Morgan fingerprint density at radius 1 is 1.11 bits per heavy atom. The van der Waals surface area contributed by atoms with Gasteiger partial charge in [0.05, 0.1) is 5.25 Å². The highest BCUT2D eigenvalue weighted by Crippen LogP contribution is 2.31. The quantitative estimate of drug-likeness (QED) is 0.636. The van der Waals surface area contributed by atoms with Crippen molar-refractivity contribution >= 4 is 27.0 Å². The summed E-state index contributed by atoms with van der Waals surface area (Å²) < 4.78 is 26.9. The molecule has 1 aliphatic rings. The molecule has 0 spiro atoms. The monoisotopic (exact) mass is 420 g/mol. The van der Waals surface area contributed by atoms with Crippen molar-refractivity contribution in [3.63, 3.8) is 0 Å². The molecule has 0 amide bonds. The molecule has 4 nitrogen and oxygen atoms in total. The molecule has 1 heterocycles. The molecule has 1 saturated carbocycles. The minimum atomic E-state index is -3.17. The van der Waals surface area contributed by atoms with Gasteiger partial charge in [0.2, 0.25) is 10.0 Å². The number of rotatable bonds is 7. The first-order valence-corrected chi connectivity index (χ1v) is 12.6. The van der Waals surface area contributed by atoms with E-state index in [-0.39, 0.29) is 11.3 Å². The van der Waals surface area contributed by atoms with Crippen LogP contribution in [0, 0.1) is 19.8 Å². The number of hydrogen-bond acceptors (Lipinski definition) is 4. The number of anilines is 1. The Bertz CT molecular complexity index is 895. The molecular weight excluding hydrogens is 388 g/mol. The molecule has 1 aromatic heterocycles. The SMILES string of the molecule is Cc1csc(-c2ccc(NC[C@H]3CC[C@H](NS(=O)(=O)C(C)C)CC3)c(C)c2)c1. The Kier molecular flexibility index (Phi) is 6.84. The molecule has 0 atom stereocenters. The lowest BCUT2D eigenvalue weighted by atomic mass is 9.86. The van der Waals surface area contributed by atoms with Gasteiger partial charge in [-0.2, -0.15) is 0 Å². The van der Waals surface area contributed by atoms with Crippen molar-refractivity contribution < 1.29 is 8.42 Å². The van der Waals surface area contributed by atoms with Crippen molar-refractivity contribution in [2.75, 3.05) is 11.9 Å². The van der Waals surface area contributed by atoms with E-state index >= 15 is 0 Å². The lowest BCUT2D eigenvalue weighted by Crippen LogP contribution is -2.41. The number of thiophene rings is 1. The Labute approximate surface area is 173 Å². The molecule has 1 aromatic carbocycles. The topological polar surface area (TPSA) is 58.2 Å². The molecule has 0 bridgehead atoms. The molecule has 6 heteroatoms. The molecule has 1 fully saturated rings. The minimum Gasteiger partial charge on any atom is -0.385 e. The Morgan fingerprint density at radius 2 is 1.82 bits per heavy atom. The van der Waals surface area contributed by atoms with Gasteiger partial charge in [0.15, 0.2) is 0 Å². The van der Waals surface area contributed by atoms with E-state index in [4.69, 9.17) is 0 Å². The molecule has 2 N–H and O–H groups in total. The van der Waals surface area contributed by atoms with Gasteiger partial charge < -0.3 is 5.32 Å². The normalized spacial score (nSPS) is 20.5. The van der Waals surface area contributed by atoms with E-state index in [0.717, 1.165) is 32.2 Å². The number of benzene rings is 1. The van der Waals surface area contributed by atoms with Crippen LogP contribution in [0.2, 0.25) is 0 Å². The zero-order chi connectivity index (χ0) is 20.3. The summed E-state index contributed by atoms with van der Waals surface area (Å²) in [5.41, 5.74) is 5.05. The van der Waals surface area contributed by atoms with Crippen LogP contribution in [0.25, 0.3) is 10.4 Å². The third-order valence-corrected chi connectivity index (χ3v) is 8.62. The molecule has 0 aliphatic heterocycles. The predicted octanol–water partition coefficient (Wildman–Crippen LogP) is 5.33. The molecule has 0 unspecified atom stereocenters. The molecule has 0 radical (unpaired) electrons. The second kappa shape index (κ2) is 8.97. The lowest BCUT2D eigenvalue weighted by molar-refractivity contribution is 0.323. The van der Waals surface area contributed by atoms with Crippen LogP contribution in [0.1, 0.15) is 50.7 Å². The Hall–Kier alpha value is -1.37. The maximum Gasteiger partial charge on any atom is 0.214 e. The summed E-state index contributed by atoms with van der Waals surface area (Å²) in [6.07, 6.45) is 3.97. The van der Waals surface area contributed by atoms with Gasteiger partial charge in [0.1, 0.15) is 0 Å². The van der Waals surface area contributed by atoms with Crippen LogP contribution in [-0.4, -0.2) is 26.3 Å². The average Bonchev–Trinajstić information content (AvgIpc) is 3.08. The molecule has 28 heavy (non-hydrogen) atoms. The van der Waals surface area contributed by atoms with Crippen LogP contribution >= 0.6 is 11.3 Å². The van der Waals surface area contributed by atoms with Crippen molar-refractivity contribution in [1.29, 1.82) is 0 Å². The summed E-state index contributed by atoms with van der Waals surface area (Å²) in [7, 11) is -3.17. The molecule has 2 aromatic rings. The van der Waals surface area contributed by atoms with Gasteiger partial charge in [-0.15, -0.1) is 11.3 Å². The number of hydrogen-bond donors (Lipinski definition) is 2. The van der Waals surface area contributed by atoms with E-state index in [2.05, 4.69) is 53.5 Å². The third kappa shape index (κ3) is 5.37. The molecule has 0 saturated heterocycles. The van der Waals surface area contributed by atoms with Crippen LogP contribution in [0.15, 0.2) is 29.6 Å². The maximum absolute atomic E-state index is 12.0. The zero-order valence-electron chi connectivity index (χ0n) is 17.3. The summed E-state index contributed by atoms with van der Waals surface area (Å²) in [6.45, 7) is 8.69. The van der Waals surface area contributed by atoms with Gasteiger partial charge in [0.25, 0.3) is 0 Å². The standard InChI is InChI=1S/C22H32N2O2S2/c1-15(2)28(25,26)24-20-8-5-18(6-9-20)13-23-21-10-7-19(12-17(21)4)22-11-16(3)14-27-22/h7,10-12,14-15,18,20,23-24H,5-6,8-9,13H2,1-4H3/t18-,20-. The summed E-state index contributed by atoms with van der Waals surface area (Å²) in [4.78, 5) is 1.31. The highest BCUT2D eigenvalue weighted by atomic mass is 32.2. The number of nitrogens with one attached hydrogen (secondary N) is 2. The first-order valence-electron chi connectivity index (χ1n) is 10.2. The van der Waals surface area contributed by atoms with E-state index in [0.29, 0.717) is 5.92 Å². The van der Waals surface area contributed by atoms with E-state index in [1.807, 2.05) is 0 Å². The van der Waals surface area contributed by atoms with Crippen LogP contribution in [0.3, 0.4) is 0 Å².